The molecule has 0 aliphatic carbocycles. The van der Waals surface area contributed by atoms with Gasteiger partial charge in [0, 0.05) is 26.2 Å². The molecule has 0 unspecified atom stereocenters. The number of primary amides is 2. The molecule has 18 heteroatoms. The fourth-order valence-corrected chi connectivity index (χ4v) is 5.81. The van der Waals surface area contributed by atoms with Crippen LogP contribution in [-0.4, -0.2) is 97.1 Å². The summed E-state index contributed by atoms with van der Waals surface area (Å²) in [5, 5.41) is 15.6. The van der Waals surface area contributed by atoms with Crippen molar-refractivity contribution in [2.45, 2.75) is 101 Å². The van der Waals surface area contributed by atoms with Crippen molar-refractivity contribution in [2.24, 2.45) is 22.9 Å². The van der Waals surface area contributed by atoms with Crippen molar-refractivity contribution in [1.29, 1.82) is 0 Å². The first-order valence-corrected chi connectivity index (χ1v) is 19.0. The molecule has 57 heavy (non-hydrogen) atoms. The molecule has 2 rings (SSSR count). The molecular weight excluding hydrogens is 736 g/mol. The molecule has 14 N–H and O–H groups in total. The number of hydrogen-bond donors (Lipinski definition) is 10. The van der Waals surface area contributed by atoms with E-state index in [1.165, 1.54) is 6.92 Å². The average Bonchev–Trinajstić information content (AvgIpc) is 3.17. The van der Waals surface area contributed by atoms with Crippen molar-refractivity contribution < 1.29 is 38.4 Å². The van der Waals surface area contributed by atoms with Crippen LogP contribution in [0, 0.1) is 0 Å². The molecule has 0 heterocycles. The highest BCUT2D eigenvalue weighted by atomic mass is 16.2. The molecule has 0 aliphatic heterocycles. The Morgan fingerprint density at radius 3 is 1.40 bits per heavy atom. The van der Waals surface area contributed by atoms with Crippen molar-refractivity contribution in [1.82, 2.24) is 31.9 Å². The summed E-state index contributed by atoms with van der Waals surface area (Å²) < 4.78 is 0. The minimum absolute atomic E-state index is 0.00346. The molecule has 0 fully saturated rings. The number of hydrogen-bond acceptors (Lipinski definition) is 10. The number of nitrogens with two attached hydrogens (primary N) is 4. The van der Waals surface area contributed by atoms with Gasteiger partial charge in [-0.1, -0.05) is 60.7 Å². The molecule has 0 aliphatic rings. The van der Waals surface area contributed by atoms with Crippen LogP contribution in [0.25, 0.3) is 0 Å². The molecule has 18 nitrogen and oxygen atoms in total. The topological polar surface area (TPSA) is 313 Å². The van der Waals surface area contributed by atoms with Crippen molar-refractivity contribution >= 4 is 47.3 Å². The third-order valence-electron chi connectivity index (χ3n) is 8.83. The van der Waals surface area contributed by atoms with Crippen LogP contribution in [0.4, 0.5) is 0 Å². The zero-order chi connectivity index (χ0) is 42.2. The number of amides is 8. The minimum Gasteiger partial charge on any atom is -0.370 e. The molecule has 312 valence electrons. The molecule has 0 saturated heterocycles. The van der Waals surface area contributed by atoms with Gasteiger partial charge >= 0.3 is 0 Å². The number of benzene rings is 2. The van der Waals surface area contributed by atoms with E-state index in [0.29, 0.717) is 49.9 Å². The SMILES string of the molecule is CC(=O)N[C@@H](CCC(N)=O)C(=O)N[C@@H](Cc1ccccc1)C(=O)N[C@@H](Cc1ccccc1)C(=O)N[C@@H](CCCCN)C(=O)NCC(=O)N[C@@H](CCCCN)C(N)=O. The summed E-state index contributed by atoms with van der Waals surface area (Å²) in [5.74, 6) is -5.51. The summed E-state index contributed by atoms with van der Waals surface area (Å²) >= 11 is 0. The lowest BCUT2D eigenvalue weighted by molar-refractivity contribution is -0.135. The van der Waals surface area contributed by atoms with Crippen LogP contribution in [0.2, 0.25) is 0 Å². The van der Waals surface area contributed by atoms with Crippen molar-refractivity contribution in [3.8, 4) is 0 Å². The highest BCUT2D eigenvalue weighted by Gasteiger charge is 2.32. The van der Waals surface area contributed by atoms with Gasteiger partial charge in [-0.2, -0.15) is 0 Å². The van der Waals surface area contributed by atoms with Gasteiger partial charge in [-0.15, -0.1) is 0 Å². The molecule has 0 radical (unpaired) electrons. The lowest BCUT2D eigenvalue weighted by Crippen LogP contribution is -2.59. The molecule has 0 saturated carbocycles. The Morgan fingerprint density at radius 2 is 0.965 bits per heavy atom. The number of rotatable bonds is 27. The quantitative estimate of drug-likeness (QED) is 0.0446. The van der Waals surface area contributed by atoms with E-state index in [-0.39, 0.29) is 38.5 Å². The minimum atomic E-state index is -1.26. The number of carbonyl (C=O) groups excluding carboxylic acids is 8. The predicted molar refractivity (Wildman–Crippen MR) is 212 cm³/mol. The molecule has 2 aromatic carbocycles. The fraction of sp³-hybridized carbons (Fsp3) is 0.487. The highest BCUT2D eigenvalue weighted by Crippen LogP contribution is 2.10. The third kappa shape index (κ3) is 19.0. The molecule has 0 spiro atoms. The second-order valence-electron chi connectivity index (χ2n) is 13.6. The van der Waals surface area contributed by atoms with E-state index in [4.69, 9.17) is 22.9 Å². The van der Waals surface area contributed by atoms with Crippen LogP contribution >= 0.6 is 0 Å². The van der Waals surface area contributed by atoms with E-state index in [1.54, 1.807) is 60.7 Å². The van der Waals surface area contributed by atoms with E-state index < -0.39 is 84.0 Å². The predicted octanol–water partition coefficient (Wildman–Crippen LogP) is -1.96. The van der Waals surface area contributed by atoms with Crippen molar-refractivity contribution in [3.63, 3.8) is 0 Å². The van der Waals surface area contributed by atoms with Gasteiger partial charge in [0.05, 0.1) is 6.54 Å². The summed E-state index contributed by atoms with van der Waals surface area (Å²) in [6, 6.07) is 11.8. The van der Waals surface area contributed by atoms with Gasteiger partial charge in [-0.05, 0) is 69.2 Å². The van der Waals surface area contributed by atoms with Crippen LogP contribution < -0.4 is 54.8 Å². The largest absolute Gasteiger partial charge is 0.370 e. The van der Waals surface area contributed by atoms with E-state index >= 15 is 0 Å². The van der Waals surface area contributed by atoms with E-state index in [1.807, 2.05) is 0 Å². The van der Waals surface area contributed by atoms with E-state index in [2.05, 4.69) is 31.9 Å². The first-order valence-electron chi connectivity index (χ1n) is 19.0. The normalized spacial score (nSPS) is 13.4. The Bertz CT molecular complexity index is 1630. The summed E-state index contributed by atoms with van der Waals surface area (Å²) in [5.41, 5.74) is 23.3. The Hall–Kier alpha value is -5.88. The number of unbranched alkanes of at least 4 members (excludes halogenated alkanes) is 2. The van der Waals surface area contributed by atoms with Crippen LogP contribution in [0.5, 0.6) is 0 Å². The maximum Gasteiger partial charge on any atom is 0.243 e. The molecule has 2 aromatic rings. The second kappa shape index (κ2) is 26.1. The molecule has 5 atom stereocenters. The number of carbonyl (C=O) groups is 8. The lowest BCUT2D eigenvalue weighted by atomic mass is 10.0. The first kappa shape index (κ1) is 47.3. The molecule has 0 aromatic heterocycles. The highest BCUT2D eigenvalue weighted by molar-refractivity contribution is 5.96. The maximum absolute atomic E-state index is 14.1. The van der Waals surface area contributed by atoms with E-state index in [0.717, 1.165) is 0 Å². The summed E-state index contributed by atoms with van der Waals surface area (Å²) in [6.45, 7) is 1.44. The summed E-state index contributed by atoms with van der Waals surface area (Å²) in [4.78, 5) is 103. The van der Waals surface area contributed by atoms with Crippen LogP contribution in [0.1, 0.15) is 69.4 Å². The third-order valence-corrected chi connectivity index (χ3v) is 8.83. The summed E-state index contributed by atoms with van der Waals surface area (Å²) in [7, 11) is 0. The van der Waals surface area contributed by atoms with Gasteiger partial charge in [0.15, 0.2) is 0 Å². The van der Waals surface area contributed by atoms with Crippen LogP contribution in [0.15, 0.2) is 60.7 Å². The monoisotopic (exact) mass is 794 g/mol. The van der Waals surface area contributed by atoms with Crippen LogP contribution in [-0.2, 0) is 51.2 Å². The van der Waals surface area contributed by atoms with Gasteiger partial charge < -0.3 is 54.8 Å². The van der Waals surface area contributed by atoms with Gasteiger partial charge in [0.25, 0.3) is 0 Å². The molecule has 0 bridgehead atoms. The zero-order valence-electron chi connectivity index (χ0n) is 32.4. The first-order chi connectivity index (χ1) is 27.2. The van der Waals surface area contributed by atoms with Gasteiger partial charge in [0.1, 0.15) is 30.2 Å². The standard InChI is InChI=1S/C39H58N10O8/c1-25(50)45-30(18-19-33(42)51)37(55)48-32(23-27-14-6-3-7-15-27)39(57)49-31(22-26-12-4-2-5-13-26)38(56)47-29(17-9-11-21-41)36(54)44-24-34(52)46-28(35(43)53)16-8-10-20-40/h2-7,12-15,28-32H,8-11,16-24,40-41H2,1H3,(H2,42,51)(H2,43,53)(H,44,54)(H,45,50)(H,46,52)(H,47,56)(H,48,55)(H,49,57)/t28-,29-,30-,31-,32-/m0/s1. The van der Waals surface area contributed by atoms with Gasteiger partial charge in [0.2, 0.25) is 47.3 Å². The maximum atomic E-state index is 14.1. The van der Waals surface area contributed by atoms with Crippen molar-refractivity contribution in [3.05, 3.63) is 71.8 Å². The molecular formula is C39H58N10O8. The Kier molecular flexibility index (Phi) is 21.6. The van der Waals surface area contributed by atoms with Crippen LogP contribution in [0.3, 0.4) is 0 Å². The Balaban J connectivity index is 2.34. The van der Waals surface area contributed by atoms with Crippen molar-refractivity contribution in [2.75, 3.05) is 19.6 Å². The summed E-state index contributed by atoms with van der Waals surface area (Å²) in [6.07, 6.45) is 2.26. The smallest absolute Gasteiger partial charge is 0.243 e. The Morgan fingerprint density at radius 1 is 0.526 bits per heavy atom. The second-order valence-corrected chi connectivity index (χ2v) is 13.6. The number of nitrogens with one attached hydrogen (secondary N) is 6. The van der Waals surface area contributed by atoms with E-state index in [9.17, 15) is 38.4 Å². The van der Waals surface area contributed by atoms with Gasteiger partial charge in [-0.25, -0.2) is 0 Å². The Labute approximate surface area is 332 Å². The average molecular weight is 795 g/mol. The lowest BCUT2D eigenvalue weighted by Gasteiger charge is -2.27. The fourth-order valence-electron chi connectivity index (χ4n) is 5.81. The molecule has 8 amide bonds. The zero-order valence-corrected chi connectivity index (χ0v) is 32.4. The van der Waals surface area contributed by atoms with Gasteiger partial charge in [-0.3, -0.25) is 38.4 Å².